The predicted molar refractivity (Wildman–Crippen MR) is 175 cm³/mol. The van der Waals surface area contributed by atoms with Crippen molar-refractivity contribution >= 4 is 0 Å². The predicted octanol–water partition coefficient (Wildman–Crippen LogP) is 12.7. The minimum absolute atomic E-state index is 0.675. The van der Waals surface area contributed by atoms with Crippen molar-refractivity contribution in [2.24, 2.45) is 53.3 Å². The molecule has 6 atom stereocenters. The molecular weight excluding hydrogens is 480 g/mol. The molecule has 0 nitrogen and oxygen atoms in total. The van der Waals surface area contributed by atoms with Gasteiger partial charge in [-0.15, -0.1) is 0 Å². The molecule has 0 aromatic rings. The number of hydrogen-bond donors (Lipinski definition) is 0. The Morgan fingerprint density at radius 1 is 0.850 bits per heavy atom. The molecule has 0 heterocycles. The van der Waals surface area contributed by atoms with Crippen LogP contribution in [0.5, 0.6) is 0 Å². The van der Waals surface area contributed by atoms with E-state index < -0.39 is 0 Å². The van der Waals surface area contributed by atoms with E-state index in [0.29, 0.717) is 11.8 Å². The zero-order valence-electron chi connectivity index (χ0n) is 27.5. The van der Waals surface area contributed by atoms with Gasteiger partial charge in [-0.3, -0.25) is 0 Å². The number of rotatable bonds is 12. The molecule has 4 fully saturated rings. The monoisotopic (exact) mass is 547 g/mol. The maximum absolute atomic E-state index is 2.61. The van der Waals surface area contributed by atoms with Crippen molar-refractivity contribution in [2.45, 2.75) is 163 Å². The third-order valence-corrected chi connectivity index (χ3v) is 12.9. The summed E-state index contributed by atoms with van der Waals surface area (Å²) >= 11 is 0. The van der Waals surface area contributed by atoms with Crippen LogP contribution in [-0.4, -0.2) is 0 Å². The average Bonchev–Trinajstić information content (AvgIpc) is 3.64. The second-order valence-corrected chi connectivity index (χ2v) is 15.9. The maximum atomic E-state index is 2.61. The molecule has 0 spiro atoms. The van der Waals surface area contributed by atoms with Crippen molar-refractivity contribution in [3.05, 3.63) is 34.4 Å². The van der Waals surface area contributed by atoms with Crippen LogP contribution >= 0.6 is 0 Å². The van der Waals surface area contributed by atoms with Crippen LogP contribution in [0.2, 0.25) is 0 Å². The molecular formula is C40H66. The van der Waals surface area contributed by atoms with Gasteiger partial charge in [-0.1, -0.05) is 139 Å². The Hall–Kier alpha value is -0.780. The second kappa shape index (κ2) is 14.6. The highest BCUT2D eigenvalue weighted by atomic mass is 14.4. The van der Waals surface area contributed by atoms with Crippen molar-refractivity contribution in [3.63, 3.8) is 0 Å². The Morgan fingerprint density at radius 3 is 2.17 bits per heavy atom. The Morgan fingerprint density at radius 2 is 1.52 bits per heavy atom. The topological polar surface area (TPSA) is 0 Å². The van der Waals surface area contributed by atoms with Gasteiger partial charge in [-0.25, -0.2) is 0 Å². The summed E-state index contributed by atoms with van der Waals surface area (Å²) in [6, 6.07) is 0. The molecule has 0 amide bonds. The van der Waals surface area contributed by atoms with Gasteiger partial charge in [0, 0.05) is 5.92 Å². The van der Waals surface area contributed by atoms with E-state index in [-0.39, 0.29) is 0 Å². The second-order valence-electron chi connectivity index (χ2n) is 15.9. The lowest BCUT2D eigenvalue weighted by atomic mass is 9.64. The first-order valence-corrected chi connectivity index (χ1v) is 18.5. The molecule has 0 N–H and O–H groups in total. The first-order valence-electron chi connectivity index (χ1n) is 18.5. The van der Waals surface area contributed by atoms with Crippen LogP contribution in [0.15, 0.2) is 34.4 Å². The fraction of sp³-hybridized carbons (Fsp3) is 0.850. The molecule has 0 aromatic heterocycles. The summed E-state index contributed by atoms with van der Waals surface area (Å²) in [5, 5.41) is 0. The molecule has 0 bridgehead atoms. The largest absolute Gasteiger partial charge is 0.0776 e. The Kier molecular flexibility index (Phi) is 11.2. The minimum Gasteiger partial charge on any atom is -0.0776 e. The molecule has 4 saturated carbocycles. The van der Waals surface area contributed by atoms with E-state index in [1.807, 2.05) is 11.1 Å². The number of hydrogen-bond acceptors (Lipinski definition) is 0. The molecule has 0 aromatic carbocycles. The highest BCUT2D eigenvalue weighted by Gasteiger charge is 2.36. The molecule has 0 radical (unpaired) electrons. The van der Waals surface area contributed by atoms with Gasteiger partial charge in [0.25, 0.3) is 0 Å². The number of allylic oxidation sites excluding steroid dienone is 6. The van der Waals surface area contributed by atoms with Gasteiger partial charge < -0.3 is 0 Å². The Labute approximate surface area is 250 Å². The lowest BCUT2D eigenvalue weighted by Crippen LogP contribution is -2.30. The van der Waals surface area contributed by atoms with Gasteiger partial charge in [0.1, 0.15) is 0 Å². The zero-order valence-corrected chi connectivity index (χ0v) is 27.5. The quantitative estimate of drug-likeness (QED) is 0.213. The summed E-state index contributed by atoms with van der Waals surface area (Å²) in [5.74, 6) is 8.37. The normalized spacial score (nSPS) is 35.8. The summed E-state index contributed by atoms with van der Waals surface area (Å²) in [4.78, 5) is 0. The van der Waals surface area contributed by atoms with E-state index >= 15 is 0 Å². The van der Waals surface area contributed by atoms with Crippen LogP contribution in [0, 0.1) is 53.3 Å². The van der Waals surface area contributed by atoms with E-state index in [9.17, 15) is 0 Å². The average molecular weight is 547 g/mol. The molecule has 6 unspecified atom stereocenters. The standard InChI is InChI=1S/C40H66/c1-6-10-34-25-30(4)39(31(5)26-34)40(36-23-24-36)29(3)11-9-14-37-27-38(20-15-28(37)2)35-21-18-33(19-22-35)17-16-32-12-7-8-13-32/h25-26,28-30,32-33,35,37-39H,6-24,27H2,1-5H3. The molecule has 0 aliphatic heterocycles. The van der Waals surface area contributed by atoms with Gasteiger partial charge in [-0.05, 0) is 106 Å². The summed E-state index contributed by atoms with van der Waals surface area (Å²) in [7, 11) is 0. The summed E-state index contributed by atoms with van der Waals surface area (Å²) in [5.41, 5.74) is 6.94. The fourth-order valence-corrected chi connectivity index (χ4v) is 10.3. The Balaban J connectivity index is 1.07. The van der Waals surface area contributed by atoms with E-state index in [2.05, 4.69) is 46.8 Å². The van der Waals surface area contributed by atoms with E-state index in [0.717, 1.165) is 41.4 Å². The van der Waals surface area contributed by atoms with Crippen molar-refractivity contribution in [1.82, 2.24) is 0 Å². The molecule has 5 aliphatic carbocycles. The van der Waals surface area contributed by atoms with Gasteiger partial charge in [0.2, 0.25) is 0 Å². The molecule has 5 aliphatic rings. The maximum Gasteiger partial charge on any atom is 0.00731 e. The smallest absolute Gasteiger partial charge is 0.00731 e. The van der Waals surface area contributed by atoms with Crippen LogP contribution in [0.25, 0.3) is 0 Å². The van der Waals surface area contributed by atoms with E-state index in [4.69, 9.17) is 0 Å². The van der Waals surface area contributed by atoms with E-state index in [1.165, 1.54) is 64.2 Å². The molecule has 0 heteroatoms. The third kappa shape index (κ3) is 7.98. The fourth-order valence-electron chi connectivity index (χ4n) is 10.3. The van der Waals surface area contributed by atoms with Crippen LogP contribution in [0.4, 0.5) is 0 Å². The molecule has 5 rings (SSSR count). The van der Waals surface area contributed by atoms with Gasteiger partial charge in [0.05, 0.1) is 0 Å². The molecule has 40 heavy (non-hydrogen) atoms. The van der Waals surface area contributed by atoms with Crippen molar-refractivity contribution in [2.75, 3.05) is 0 Å². The Bertz CT molecular complexity index is 879. The highest BCUT2D eigenvalue weighted by Crippen LogP contribution is 2.48. The van der Waals surface area contributed by atoms with Crippen molar-refractivity contribution in [3.8, 4) is 0 Å². The van der Waals surface area contributed by atoms with Crippen LogP contribution in [-0.2, 0) is 0 Å². The van der Waals surface area contributed by atoms with Gasteiger partial charge >= 0.3 is 0 Å². The summed E-state index contributed by atoms with van der Waals surface area (Å²) < 4.78 is 0. The SMILES string of the molecule is CCCC1=CC(C)C(C(=C2CC2)C(C)CCCC2CC(C3CCC(CCC4CCCC4)CC3)CCC2C)C(C)=C1. The molecule has 226 valence electrons. The van der Waals surface area contributed by atoms with E-state index in [1.54, 1.807) is 75.4 Å². The van der Waals surface area contributed by atoms with Gasteiger partial charge in [-0.2, -0.15) is 0 Å². The van der Waals surface area contributed by atoms with Crippen molar-refractivity contribution in [1.29, 1.82) is 0 Å². The first-order chi connectivity index (χ1) is 19.4. The summed E-state index contributed by atoms with van der Waals surface area (Å²) in [6.07, 6.45) is 34.9. The van der Waals surface area contributed by atoms with Gasteiger partial charge in [0.15, 0.2) is 0 Å². The van der Waals surface area contributed by atoms with Crippen molar-refractivity contribution < 1.29 is 0 Å². The van der Waals surface area contributed by atoms with Crippen LogP contribution < -0.4 is 0 Å². The molecule has 0 saturated heterocycles. The first kappa shape index (κ1) is 30.7. The summed E-state index contributed by atoms with van der Waals surface area (Å²) in [6.45, 7) is 12.4. The lowest BCUT2D eigenvalue weighted by molar-refractivity contribution is 0.101. The van der Waals surface area contributed by atoms with Crippen LogP contribution in [0.3, 0.4) is 0 Å². The lowest BCUT2D eigenvalue weighted by Gasteiger charge is -2.41. The highest BCUT2D eigenvalue weighted by molar-refractivity contribution is 5.40. The zero-order chi connectivity index (χ0) is 28.1. The minimum atomic E-state index is 0.675. The third-order valence-electron chi connectivity index (χ3n) is 12.9. The van der Waals surface area contributed by atoms with Crippen LogP contribution in [0.1, 0.15) is 163 Å².